The number of hydrogen-bond acceptors (Lipinski definition) is 7. The molecular weight excluding hydrogens is 567 g/mol. The molecule has 4 heterocycles. The van der Waals surface area contributed by atoms with Crippen LogP contribution in [-0.4, -0.2) is 79.9 Å². The molecule has 2 aliphatic rings. The number of primary amides is 1. The molecule has 0 bridgehead atoms. The first-order valence-corrected chi connectivity index (χ1v) is 14.3. The molecule has 0 saturated carbocycles. The van der Waals surface area contributed by atoms with Crippen LogP contribution in [0.25, 0.3) is 22.0 Å². The van der Waals surface area contributed by atoms with Gasteiger partial charge < -0.3 is 20.9 Å². The Morgan fingerprint density at radius 2 is 1.80 bits per heavy atom. The van der Waals surface area contributed by atoms with Crippen LogP contribution in [0.5, 0.6) is 0 Å². The number of alkyl halides is 1. The van der Waals surface area contributed by atoms with Gasteiger partial charge in [0.15, 0.2) is 5.69 Å². The highest BCUT2D eigenvalue weighted by molar-refractivity contribution is 6.05. The van der Waals surface area contributed by atoms with Gasteiger partial charge >= 0.3 is 0 Å². The molecule has 2 saturated heterocycles. The molecule has 12 nitrogen and oxygen atoms in total. The van der Waals surface area contributed by atoms with Gasteiger partial charge in [-0.05, 0) is 60.9 Å². The Morgan fingerprint density at radius 1 is 1.02 bits per heavy atom. The molecule has 6 rings (SSSR count). The van der Waals surface area contributed by atoms with E-state index in [-0.39, 0.29) is 44.1 Å². The molecule has 4 amide bonds. The van der Waals surface area contributed by atoms with Gasteiger partial charge in [0, 0.05) is 36.0 Å². The molecule has 13 heteroatoms. The summed E-state index contributed by atoms with van der Waals surface area (Å²) in [5.41, 5.74) is 10.4. The zero-order valence-electron chi connectivity index (χ0n) is 24.2. The summed E-state index contributed by atoms with van der Waals surface area (Å²) < 4.78 is 16.0. The third kappa shape index (κ3) is 5.60. The van der Waals surface area contributed by atoms with E-state index in [2.05, 4.69) is 20.6 Å². The predicted octanol–water partition coefficient (Wildman–Crippen LogP) is 2.07. The molecule has 2 aromatic heterocycles. The van der Waals surface area contributed by atoms with Gasteiger partial charge in [-0.15, -0.1) is 0 Å². The number of anilines is 1. The summed E-state index contributed by atoms with van der Waals surface area (Å²) in [4.78, 5) is 54.7. The molecule has 2 aromatic carbocycles. The van der Waals surface area contributed by atoms with Crippen molar-refractivity contribution in [2.45, 2.75) is 51.5 Å². The van der Waals surface area contributed by atoms with Gasteiger partial charge in [0.05, 0.1) is 30.5 Å². The van der Waals surface area contributed by atoms with Gasteiger partial charge in [0.2, 0.25) is 17.7 Å². The Bertz CT molecular complexity index is 1770. The lowest BCUT2D eigenvalue weighted by atomic mass is 10.0. The second kappa shape index (κ2) is 11.5. The van der Waals surface area contributed by atoms with Gasteiger partial charge in [-0.25, -0.2) is 4.39 Å². The van der Waals surface area contributed by atoms with E-state index in [1.807, 2.05) is 32.0 Å². The first kappa shape index (κ1) is 28.9. The van der Waals surface area contributed by atoms with Crippen LogP contribution in [0.15, 0.2) is 54.9 Å². The van der Waals surface area contributed by atoms with Crippen LogP contribution < -0.4 is 16.0 Å². The maximum atomic E-state index is 14.7. The van der Waals surface area contributed by atoms with Crippen LogP contribution in [0.2, 0.25) is 0 Å². The Morgan fingerprint density at radius 3 is 2.50 bits per heavy atom. The fourth-order valence-electron chi connectivity index (χ4n) is 6.11. The number of aryl methyl sites for hydroxylation is 2. The fourth-order valence-corrected chi connectivity index (χ4v) is 6.11. The molecule has 44 heavy (non-hydrogen) atoms. The summed E-state index contributed by atoms with van der Waals surface area (Å²) in [6.45, 7) is 3.59. The quantitative estimate of drug-likeness (QED) is 0.330. The first-order chi connectivity index (χ1) is 21.1. The van der Waals surface area contributed by atoms with Crippen molar-refractivity contribution in [2.24, 2.45) is 5.73 Å². The lowest BCUT2D eigenvalue weighted by molar-refractivity contribution is -0.139. The second-order valence-corrected chi connectivity index (χ2v) is 11.4. The average Bonchev–Trinajstić information content (AvgIpc) is 3.67. The summed E-state index contributed by atoms with van der Waals surface area (Å²) in [5, 5.41) is 15.3. The molecule has 0 radical (unpaired) electrons. The third-order valence-electron chi connectivity index (χ3n) is 8.05. The molecule has 3 N–H and O–H groups in total. The number of carbonyl (C=O) groups is 4. The lowest BCUT2D eigenvalue weighted by Crippen LogP contribution is -2.50. The van der Waals surface area contributed by atoms with E-state index in [0.717, 1.165) is 27.9 Å². The highest BCUT2D eigenvalue weighted by Gasteiger charge is 2.42. The van der Waals surface area contributed by atoms with E-state index >= 15 is 0 Å². The number of nitrogens with one attached hydrogen (secondary N) is 1. The number of nitrogens with two attached hydrogens (primary N) is 1. The fraction of sp³-hybridized carbons (Fsp3) is 0.323. The predicted molar refractivity (Wildman–Crippen MR) is 159 cm³/mol. The first-order valence-electron chi connectivity index (χ1n) is 14.3. The van der Waals surface area contributed by atoms with Crippen LogP contribution in [-0.2, 0) is 20.9 Å². The van der Waals surface area contributed by atoms with Crippen molar-refractivity contribution in [2.75, 3.05) is 18.0 Å². The summed E-state index contributed by atoms with van der Waals surface area (Å²) >= 11 is 0. The number of nitrogens with zero attached hydrogens (tertiary/aromatic N) is 6. The minimum atomic E-state index is -1.39. The molecule has 2 aliphatic heterocycles. The summed E-state index contributed by atoms with van der Waals surface area (Å²) in [6.07, 6.45) is 1.68. The Kier molecular flexibility index (Phi) is 7.53. The number of likely N-dealkylation sites (tertiary alicyclic amines) is 1. The molecule has 226 valence electrons. The number of halogens is 1. The normalized spacial score (nSPS) is 20.0. The number of hydrogen-bond donors (Lipinski definition) is 2. The standard InChI is InChI=1S/C31H31FN8O4/c1-17-7-18(2)9-23(8-17)38-15-22(12-27(38)41)36-31(44)26-11-21(32)14-39(26)28(42)16-40-25-4-3-19(20-5-6-34-35-13-20)10-24(25)29(37-40)30(33)43/h3-10,13,21-22,26H,11-12,14-16H2,1-2H3,(H2,33,43)(H,36,44). The van der Waals surface area contributed by atoms with Gasteiger partial charge in [-0.3, -0.25) is 23.9 Å². The Hall–Kier alpha value is -5.20. The summed E-state index contributed by atoms with van der Waals surface area (Å²) in [6, 6.07) is 11.3. The second-order valence-electron chi connectivity index (χ2n) is 11.4. The van der Waals surface area contributed by atoms with E-state index in [9.17, 15) is 23.6 Å². The van der Waals surface area contributed by atoms with Crippen molar-refractivity contribution in [1.82, 2.24) is 30.2 Å². The van der Waals surface area contributed by atoms with Gasteiger partial charge in [-0.2, -0.15) is 15.3 Å². The number of rotatable bonds is 7. The minimum Gasteiger partial charge on any atom is -0.364 e. The van der Waals surface area contributed by atoms with Gasteiger partial charge in [0.25, 0.3) is 5.91 Å². The zero-order valence-corrected chi connectivity index (χ0v) is 24.2. The molecule has 2 fully saturated rings. The van der Waals surface area contributed by atoms with Crippen LogP contribution in [0.1, 0.15) is 34.5 Å². The van der Waals surface area contributed by atoms with Crippen molar-refractivity contribution in [1.29, 1.82) is 0 Å². The zero-order chi connectivity index (χ0) is 31.1. The highest BCUT2D eigenvalue weighted by Crippen LogP contribution is 2.28. The average molecular weight is 599 g/mol. The minimum absolute atomic E-state index is 0.0185. The van der Waals surface area contributed by atoms with Crippen LogP contribution in [0.3, 0.4) is 0 Å². The molecule has 3 atom stereocenters. The lowest BCUT2D eigenvalue weighted by Gasteiger charge is -2.25. The number of carbonyl (C=O) groups excluding carboxylic acids is 4. The number of fused-ring (bicyclic) bond motifs is 1. The van der Waals surface area contributed by atoms with Crippen LogP contribution in [0.4, 0.5) is 10.1 Å². The summed E-state index contributed by atoms with van der Waals surface area (Å²) in [5.74, 6) is -1.94. The molecule has 0 spiro atoms. The SMILES string of the molecule is Cc1cc(C)cc(N2CC(NC(=O)C3CC(F)CN3C(=O)Cn3nc(C(N)=O)c4cc(-c5ccnnc5)ccc43)CC2=O)c1. The summed E-state index contributed by atoms with van der Waals surface area (Å²) in [7, 11) is 0. The number of amides is 4. The number of benzene rings is 2. The smallest absolute Gasteiger partial charge is 0.269 e. The van der Waals surface area contributed by atoms with E-state index in [1.165, 1.54) is 9.58 Å². The van der Waals surface area contributed by atoms with Crippen LogP contribution >= 0.6 is 0 Å². The van der Waals surface area contributed by atoms with Crippen molar-refractivity contribution in [3.63, 3.8) is 0 Å². The topological polar surface area (TPSA) is 156 Å². The van der Waals surface area contributed by atoms with E-state index in [4.69, 9.17) is 5.73 Å². The molecule has 4 aromatic rings. The van der Waals surface area contributed by atoms with E-state index in [0.29, 0.717) is 10.9 Å². The maximum Gasteiger partial charge on any atom is 0.269 e. The third-order valence-corrected chi connectivity index (χ3v) is 8.05. The molecular formula is C31H31FN8O4. The van der Waals surface area contributed by atoms with Crippen molar-refractivity contribution in [3.05, 3.63) is 71.7 Å². The Labute approximate surface area is 252 Å². The Balaban J connectivity index is 1.18. The van der Waals surface area contributed by atoms with Crippen molar-refractivity contribution < 1.29 is 23.6 Å². The van der Waals surface area contributed by atoms with Gasteiger partial charge in [-0.1, -0.05) is 12.1 Å². The van der Waals surface area contributed by atoms with Crippen molar-refractivity contribution in [3.8, 4) is 11.1 Å². The van der Waals surface area contributed by atoms with Gasteiger partial charge in [0.1, 0.15) is 18.8 Å². The van der Waals surface area contributed by atoms with Crippen LogP contribution in [0, 0.1) is 13.8 Å². The highest BCUT2D eigenvalue weighted by atomic mass is 19.1. The molecule has 3 unspecified atom stereocenters. The monoisotopic (exact) mass is 598 g/mol. The van der Waals surface area contributed by atoms with E-state index in [1.54, 1.807) is 41.6 Å². The number of aromatic nitrogens is 4. The van der Waals surface area contributed by atoms with E-state index < -0.39 is 36.0 Å². The molecule has 0 aliphatic carbocycles. The maximum absolute atomic E-state index is 14.7. The van der Waals surface area contributed by atoms with Crippen molar-refractivity contribution >= 4 is 40.2 Å². The largest absolute Gasteiger partial charge is 0.364 e.